The monoisotopic (exact) mass is 144 g/mol. The quantitative estimate of drug-likeness (QED) is 0.569. The summed E-state index contributed by atoms with van der Waals surface area (Å²) in [7, 11) is 0. The highest BCUT2D eigenvalue weighted by molar-refractivity contribution is 9.09. The zero-order valence-corrected chi connectivity index (χ0v) is 3.91. The zero-order chi connectivity index (χ0) is 9.50. The van der Waals surface area contributed by atoms with Gasteiger partial charge in [0.2, 0.25) is 0 Å². The van der Waals surface area contributed by atoms with Gasteiger partial charge in [-0.05, 0) is 6.37 Å². The molecule has 1 N–H and O–H groups in total. The predicted molar refractivity (Wildman–Crippen MR) is 25.5 cm³/mol. The van der Waals surface area contributed by atoms with E-state index >= 15 is 0 Å². The third kappa shape index (κ3) is 4.44. The third-order valence-corrected chi connectivity index (χ3v) is 0.301. The van der Waals surface area contributed by atoms with Crippen LogP contribution in [0.1, 0.15) is 14.6 Å². The highest BCUT2D eigenvalue weighted by atomic mass is 79.9. The SMILES string of the molecule is [2H]C([2H])(O)C([2H])([2H])C([2H])([2H])Br. The number of hydrogen-bond acceptors (Lipinski definition) is 1. The van der Waals surface area contributed by atoms with Crippen LogP contribution in [0.2, 0.25) is 0 Å². The lowest BCUT2D eigenvalue weighted by Gasteiger charge is -1.78. The summed E-state index contributed by atoms with van der Waals surface area (Å²) in [6.07, 6.45) is -2.99. The van der Waals surface area contributed by atoms with E-state index in [1.165, 1.54) is 0 Å². The Balaban J connectivity index is 4.75. The molecular weight excluding hydrogens is 132 g/mol. The van der Waals surface area contributed by atoms with Crippen molar-refractivity contribution in [2.45, 2.75) is 6.37 Å². The van der Waals surface area contributed by atoms with Crippen LogP contribution in [0.3, 0.4) is 0 Å². The Morgan fingerprint density at radius 1 is 2.00 bits per heavy atom. The summed E-state index contributed by atoms with van der Waals surface area (Å²) in [5.41, 5.74) is 0. The van der Waals surface area contributed by atoms with Gasteiger partial charge in [0.25, 0.3) is 0 Å². The van der Waals surface area contributed by atoms with E-state index in [1.54, 1.807) is 0 Å². The maximum atomic E-state index is 8.57. The van der Waals surface area contributed by atoms with Crippen molar-refractivity contribution in [2.75, 3.05) is 11.8 Å². The predicted octanol–water partition coefficient (Wildman–Crippen LogP) is 0.764. The molecule has 0 spiro atoms. The van der Waals surface area contributed by atoms with E-state index in [4.69, 9.17) is 13.3 Å². The zero-order valence-electron chi connectivity index (χ0n) is 8.33. The molecule has 0 rings (SSSR count). The van der Waals surface area contributed by atoms with Gasteiger partial charge < -0.3 is 5.11 Å². The number of aliphatic hydroxyl groups is 1. The van der Waals surface area contributed by atoms with Crippen LogP contribution in [0.25, 0.3) is 0 Å². The minimum atomic E-state index is -3.21. The summed E-state index contributed by atoms with van der Waals surface area (Å²) in [6, 6.07) is 0. The van der Waals surface area contributed by atoms with Gasteiger partial charge in [-0.1, -0.05) is 15.9 Å². The van der Waals surface area contributed by atoms with E-state index in [-0.39, 0.29) is 0 Å². The highest BCUT2D eigenvalue weighted by Gasteiger charge is 1.70. The second-order valence-corrected chi connectivity index (χ2v) is 0.728. The number of halogens is 1. The van der Waals surface area contributed by atoms with Gasteiger partial charge in [-0.2, -0.15) is 0 Å². The Bertz CT molecular complexity index is 129. The molecule has 0 aliphatic heterocycles. The molecule has 0 unspecified atom stereocenters. The molecule has 0 fully saturated rings. The fourth-order valence-electron chi connectivity index (χ4n) is 0.0211. The Morgan fingerprint density at radius 2 is 2.60 bits per heavy atom. The van der Waals surface area contributed by atoms with E-state index in [9.17, 15) is 0 Å². The lowest BCUT2D eigenvalue weighted by atomic mass is 10.5. The molecule has 0 bridgehead atoms. The second-order valence-electron chi connectivity index (χ2n) is 0.331. The standard InChI is InChI=1S/C3H7BrO/c4-2-1-3-5/h5H,1-3H2/i1D2,2D2,3D2. The molecule has 32 valence electrons. The number of alkyl halides is 1. The van der Waals surface area contributed by atoms with Crippen LogP contribution in [-0.2, 0) is 0 Å². The first kappa shape index (κ1) is 0.984. The van der Waals surface area contributed by atoms with Crippen LogP contribution in [0.4, 0.5) is 0 Å². The second kappa shape index (κ2) is 4.44. The molecule has 0 radical (unpaired) electrons. The van der Waals surface area contributed by atoms with Gasteiger partial charge in [0, 0.05) is 17.3 Å². The van der Waals surface area contributed by atoms with Gasteiger partial charge in [-0.3, -0.25) is 0 Å². The van der Waals surface area contributed by atoms with Gasteiger partial charge >= 0.3 is 0 Å². The average Bonchev–Trinajstić information content (AvgIpc) is 1.58. The molecule has 0 aromatic heterocycles. The first-order chi connectivity index (χ1) is 4.50. The van der Waals surface area contributed by atoms with Gasteiger partial charge in [0.15, 0.2) is 0 Å². The van der Waals surface area contributed by atoms with E-state index in [0.717, 1.165) is 0 Å². The van der Waals surface area contributed by atoms with Gasteiger partial charge in [0.1, 0.15) is 0 Å². The first-order valence-corrected chi connectivity index (χ1v) is 1.71. The van der Waals surface area contributed by atoms with E-state index in [2.05, 4.69) is 15.9 Å². The van der Waals surface area contributed by atoms with Crippen LogP contribution in [0.15, 0.2) is 0 Å². The molecule has 0 saturated heterocycles. The lowest BCUT2D eigenvalue weighted by Crippen LogP contribution is -1.78. The molecule has 2 heteroatoms. The van der Waals surface area contributed by atoms with Crippen LogP contribution >= 0.6 is 15.9 Å². The van der Waals surface area contributed by atoms with Crippen molar-refractivity contribution < 1.29 is 13.3 Å². The van der Waals surface area contributed by atoms with Crippen LogP contribution in [0.5, 0.6) is 0 Å². The Morgan fingerprint density at radius 3 is 2.60 bits per heavy atom. The smallest absolute Gasteiger partial charge is 0.0564 e. The summed E-state index contributed by atoms with van der Waals surface area (Å²) >= 11 is 2.29. The molecule has 5 heavy (non-hydrogen) atoms. The summed E-state index contributed by atoms with van der Waals surface area (Å²) in [5.74, 6) is 0. The molecule has 0 aromatic rings. The van der Waals surface area contributed by atoms with E-state index in [0.29, 0.717) is 0 Å². The van der Waals surface area contributed by atoms with Gasteiger partial charge in [-0.25, -0.2) is 0 Å². The molecule has 0 aromatic carbocycles. The molecule has 0 saturated carbocycles. The summed E-state index contributed by atoms with van der Waals surface area (Å²) in [5, 5.41) is 5.97. The minimum Gasteiger partial charge on any atom is -0.396 e. The average molecular weight is 145 g/mol. The number of rotatable bonds is 2. The van der Waals surface area contributed by atoms with Gasteiger partial charge in [0.05, 0.1) is 2.74 Å². The van der Waals surface area contributed by atoms with Crippen molar-refractivity contribution in [3.8, 4) is 0 Å². The molecule has 0 atom stereocenters. The Hall–Kier alpha value is 0.440. The molecule has 0 aliphatic carbocycles. The Kier molecular flexibility index (Phi) is 0.874. The van der Waals surface area contributed by atoms with Crippen LogP contribution in [-0.4, -0.2) is 16.9 Å². The molecule has 0 amide bonds. The molecule has 1 nitrogen and oxygen atoms in total. The van der Waals surface area contributed by atoms with Crippen molar-refractivity contribution >= 4 is 15.9 Å². The van der Waals surface area contributed by atoms with Crippen LogP contribution < -0.4 is 0 Å². The highest BCUT2D eigenvalue weighted by Crippen LogP contribution is 1.81. The summed E-state index contributed by atoms with van der Waals surface area (Å²) in [4.78, 5) is 0. The van der Waals surface area contributed by atoms with Gasteiger partial charge in [-0.15, -0.1) is 0 Å². The van der Waals surface area contributed by atoms with E-state index in [1.807, 2.05) is 0 Å². The van der Waals surface area contributed by atoms with Crippen LogP contribution in [0, 0.1) is 0 Å². The topological polar surface area (TPSA) is 20.2 Å². The lowest BCUT2D eigenvalue weighted by molar-refractivity contribution is 0.296. The maximum absolute atomic E-state index is 8.57. The maximum Gasteiger partial charge on any atom is 0.0564 e. The van der Waals surface area contributed by atoms with Crippen molar-refractivity contribution in [1.29, 1.82) is 0 Å². The third-order valence-electron chi connectivity index (χ3n) is 0.103. The molecular formula is C3H7BrO. The Labute approximate surface area is 48.6 Å². The normalized spacial score (nSPS) is 34.8. The minimum absolute atomic E-state index is 2.29. The summed E-state index contributed by atoms with van der Waals surface area (Å²) in [6.45, 7) is -3.21. The van der Waals surface area contributed by atoms with Crippen molar-refractivity contribution in [2.24, 2.45) is 0 Å². The first-order valence-electron chi connectivity index (χ1n) is 3.91. The molecule has 0 heterocycles. The fourth-order valence-corrected chi connectivity index (χ4v) is 0.110. The van der Waals surface area contributed by atoms with Crippen molar-refractivity contribution in [3.63, 3.8) is 0 Å². The summed E-state index contributed by atoms with van der Waals surface area (Å²) < 4.78 is 40.4. The van der Waals surface area contributed by atoms with E-state index < -0.39 is 18.2 Å². The van der Waals surface area contributed by atoms with Crippen molar-refractivity contribution in [3.05, 3.63) is 0 Å². The fraction of sp³-hybridized carbons (Fsp3) is 1.00. The van der Waals surface area contributed by atoms with Crippen molar-refractivity contribution in [1.82, 2.24) is 0 Å². The molecule has 0 aliphatic rings. The number of hydrogen-bond donors (Lipinski definition) is 1. The largest absolute Gasteiger partial charge is 0.396 e.